The Labute approximate surface area is 94.6 Å². The van der Waals surface area contributed by atoms with Gasteiger partial charge in [-0.1, -0.05) is 42.5 Å². The molecule has 1 N–H and O–H groups in total. The number of allylic oxidation sites excluding steroid dienone is 2. The van der Waals surface area contributed by atoms with Crippen molar-refractivity contribution < 1.29 is 9.90 Å². The van der Waals surface area contributed by atoms with Gasteiger partial charge in [-0.15, -0.1) is 0 Å². The molecule has 2 nitrogen and oxygen atoms in total. The van der Waals surface area contributed by atoms with Crippen LogP contribution in [0, 0.1) is 17.8 Å². The molecule has 2 bridgehead atoms. The maximum atomic E-state index is 11.3. The molecule has 0 saturated heterocycles. The molecule has 2 heteroatoms. The third kappa shape index (κ3) is 1.29. The Morgan fingerprint density at radius 3 is 2.50 bits per heavy atom. The molecule has 82 valence electrons. The van der Waals surface area contributed by atoms with Gasteiger partial charge in [0.25, 0.3) is 0 Å². The Bertz CT molecular complexity index is 435. The lowest BCUT2D eigenvalue weighted by molar-refractivity contribution is -0.143. The summed E-state index contributed by atoms with van der Waals surface area (Å²) in [6.07, 6.45) is 5.29. The van der Waals surface area contributed by atoms with E-state index in [-0.39, 0.29) is 17.8 Å². The Morgan fingerprint density at radius 1 is 1.12 bits per heavy atom. The number of fused-ring (bicyclic) bond motifs is 2. The van der Waals surface area contributed by atoms with E-state index in [1.807, 2.05) is 18.2 Å². The van der Waals surface area contributed by atoms with E-state index in [2.05, 4.69) is 24.3 Å². The zero-order valence-corrected chi connectivity index (χ0v) is 8.91. The van der Waals surface area contributed by atoms with Crippen molar-refractivity contribution in [2.24, 2.45) is 17.8 Å². The van der Waals surface area contributed by atoms with Crippen molar-refractivity contribution in [3.63, 3.8) is 0 Å². The van der Waals surface area contributed by atoms with Gasteiger partial charge in [0.05, 0.1) is 5.92 Å². The summed E-state index contributed by atoms with van der Waals surface area (Å²) in [5.41, 5.74) is 1.17. The van der Waals surface area contributed by atoms with E-state index in [0.29, 0.717) is 5.92 Å². The number of carboxylic acids is 1. The smallest absolute Gasteiger partial charge is 0.307 e. The molecule has 0 amide bonds. The van der Waals surface area contributed by atoms with Gasteiger partial charge < -0.3 is 5.11 Å². The molecule has 16 heavy (non-hydrogen) atoms. The fourth-order valence-corrected chi connectivity index (χ4v) is 3.29. The minimum atomic E-state index is -0.647. The van der Waals surface area contributed by atoms with Crippen molar-refractivity contribution in [2.75, 3.05) is 0 Å². The van der Waals surface area contributed by atoms with Crippen molar-refractivity contribution >= 4 is 5.97 Å². The number of aliphatic carboxylic acids is 1. The minimum absolute atomic E-state index is 0.175. The summed E-state index contributed by atoms with van der Waals surface area (Å²) < 4.78 is 0. The molecule has 2 aliphatic rings. The van der Waals surface area contributed by atoms with Gasteiger partial charge in [0.15, 0.2) is 0 Å². The van der Waals surface area contributed by atoms with Crippen LogP contribution in [0.1, 0.15) is 17.9 Å². The molecule has 0 heterocycles. The quantitative estimate of drug-likeness (QED) is 0.768. The second-order valence-corrected chi connectivity index (χ2v) is 4.75. The van der Waals surface area contributed by atoms with Crippen molar-refractivity contribution in [1.82, 2.24) is 0 Å². The lowest BCUT2D eigenvalue weighted by Gasteiger charge is -2.25. The standard InChI is InChI=1S/C14H14O2/c15-14(16)13-11-7-6-10(8-11)12(13)9-4-2-1-3-5-9/h1-7,10-13H,8H2,(H,15,16)/t10-,11+,12+,13+/m1/s1. The second-order valence-electron chi connectivity index (χ2n) is 4.75. The van der Waals surface area contributed by atoms with Gasteiger partial charge in [-0.3, -0.25) is 4.79 Å². The zero-order chi connectivity index (χ0) is 11.1. The largest absolute Gasteiger partial charge is 0.481 e. The van der Waals surface area contributed by atoms with E-state index in [9.17, 15) is 9.90 Å². The monoisotopic (exact) mass is 214 g/mol. The Balaban J connectivity index is 2.00. The number of carboxylic acid groups (broad SMARTS) is 1. The highest BCUT2D eigenvalue weighted by molar-refractivity contribution is 5.73. The zero-order valence-electron chi connectivity index (χ0n) is 8.91. The summed E-state index contributed by atoms with van der Waals surface area (Å²) >= 11 is 0. The average molecular weight is 214 g/mol. The van der Waals surface area contributed by atoms with Crippen LogP contribution in [0.2, 0.25) is 0 Å². The van der Waals surface area contributed by atoms with Crippen LogP contribution in [0.15, 0.2) is 42.5 Å². The molecular formula is C14H14O2. The van der Waals surface area contributed by atoms with Gasteiger partial charge in [-0.25, -0.2) is 0 Å². The average Bonchev–Trinajstić information content (AvgIpc) is 2.89. The number of benzene rings is 1. The van der Waals surface area contributed by atoms with Gasteiger partial charge in [-0.05, 0) is 23.8 Å². The third-order valence-electron chi connectivity index (χ3n) is 3.93. The first-order valence-corrected chi connectivity index (χ1v) is 5.73. The maximum Gasteiger partial charge on any atom is 0.307 e. The highest BCUT2D eigenvalue weighted by Gasteiger charge is 2.48. The summed E-state index contributed by atoms with van der Waals surface area (Å²) in [6, 6.07) is 10.1. The van der Waals surface area contributed by atoms with Crippen LogP contribution >= 0.6 is 0 Å². The fraction of sp³-hybridized carbons (Fsp3) is 0.357. The van der Waals surface area contributed by atoms with Gasteiger partial charge >= 0.3 is 5.97 Å². The van der Waals surface area contributed by atoms with Gasteiger partial charge in [0.1, 0.15) is 0 Å². The molecule has 1 fully saturated rings. The molecule has 1 aromatic rings. The number of carbonyl (C=O) groups is 1. The Hall–Kier alpha value is -1.57. The third-order valence-corrected chi connectivity index (χ3v) is 3.93. The van der Waals surface area contributed by atoms with Crippen molar-refractivity contribution in [3.8, 4) is 0 Å². The van der Waals surface area contributed by atoms with Crippen LogP contribution in [0.4, 0.5) is 0 Å². The van der Waals surface area contributed by atoms with Crippen LogP contribution in [-0.4, -0.2) is 11.1 Å². The van der Waals surface area contributed by atoms with Crippen LogP contribution in [0.25, 0.3) is 0 Å². The highest BCUT2D eigenvalue weighted by atomic mass is 16.4. The molecule has 0 spiro atoms. The molecule has 2 aliphatic carbocycles. The first-order chi connectivity index (χ1) is 7.77. The Morgan fingerprint density at radius 2 is 1.81 bits per heavy atom. The van der Waals surface area contributed by atoms with E-state index in [1.165, 1.54) is 5.56 Å². The Kier molecular flexibility index (Phi) is 2.10. The van der Waals surface area contributed by atoms with E-state index < -0.39 is 5.97 Å². The molecule has 3 rings (SSSR count). The van der Waals surface area contributed by atoms with Gasteiger partial charge in [0, 0.05) is 5.92 Å². The van der Waals surface area contributed by atoms with Crippen LogP contribution < -0.4 is 0 Å². The van der Waals surface area contributed by atoms with Crippen molar-refractivity contribution in [2.45, 2.75) is 12.3 Å². The molecular weight excluding hydrogens is 200 g/mol. The first-order valence-electron chi connectivity index (χ1n) is 5.73. The van der Waals surface area contributed by atoms with Crippen LogP contribution in [-0.2, 0) is 4.79 Å². The highest BCUT2D eigenvalue weighted by Crippen LogP contribution is 2.52. The molecule has 4 atom stereocenters. The number of hydrogen-bond acceptors (Lipinski definition) is 1. The van der Waals surface area contributed by atoms with E-state index in [0.717, 1.165) is 6.42 Å². The molecule has 0 radical (unpaired) electrons. The number of hydrogen-bond donors (Lipinski definition) is 1. The van der Waals surface area contributed by atoms with E-state index in [1.54, 1.807) is 0 Å². The first kappa shape index (κ1) is 9.64. The molecule has 0 unspecified atom stereocenters. The van der Waals surface area contributed by atoms with Crippen molar-refractivity contribution in [1.29, 1.82) is 0 Å². The molecule has 0 aromatic heterocycles. The summed E-state index contributed by atoms with van der Waals surface area (Å²) in [5.74, 6) is -0.0296. The predicted octanol–water partition coefficient (Wildman–Crippen LogP) is 2.68. The van der Waals surface area contributed by atoms with Gasteiger partial charge in [-0.2, -0.15) is 0 Å². The van der Waals surface area contributed by atoms with Gasteiger partial charge in [0.2, 0.25) is 0 Å². The topological polar surface area (TPSA) is 37.3 Å². The predicted molar refractivity (Wildman–Crippen MR) is 61.0 cm³/mol. The summed E-state index contributed by atoms with van der Waals surface area (Å²) in [6.45, 7) is 0. The summed E-state index contributed by atoms with van der Waals surface area (Å²) in [7, 11) is 0. The second kappa shape index (κ2) is 3.48. The number of rotatable bonds is 2. The van der Waals surface area contributed by atoms with E-state index in [4.69, 9.17) is 0 Å². The fourth-order valence-electron chi connectivity index (χ4n) is 3.29. The summed E-state index contributed by atoms with van der Waals surface area (Å²) in [5, 5.41) is 9.33. The molecule has 1 aromatic carbocycles. The minimum Gasteiger partial charge on any atom is -0.481 e. The van der Waals surface area contributed by atoms with E-state index >= 15 is 0 Å². The molecule has 1 saturated carbocycles. The summed E-state index contributed by atoms with van der Waals surface area (Å²) in [4.78, 5) is 11.3. The maximum absolute atomic E-state index is 11.3. The normalized spacial score (nSPS) is 35.5. The van der Waals surface area contributed by atoms with Crippen LogP contribution in [0.5, 0.6) is 0 Å². The SMILES string of the molecule is O=C(O)[C@@H]1[C@@H](c2ccccc2)[C@@H]2C=C[C@H]1C2. The lowest BCUT2D eigenvalue weighted by Crippen LogP contribution is -2.25. The molecule has 0 aliphatic heterocycles. The lowest BCUT2D eigenvalue weighted by atomic mass is 9.78. The van der Waals surface area contributed by atoms with Crippen molar-refractivity contribution in [3.05, 3.63) is 48.0 Å². The van der Waals surface area contributed by atoms with Crippen LogP contribution in [0.3, 0.4) is 0 Å².